The SMILES string of the molecule is CCCCn1c(=O)[nH]c(=O)c2c1nc(CSc1nccn1-c1ccc(C(C)C)cc1)n2C. The molecular formula is C23H28N6O2S. The number of benzene rings is 1. The lowest BCUT2D eigenvalue weighted by Gasteiger charge is -2.10. The van der Waals surface area contributed by atoms with E-state index in [2.05, 4.69) is 60.0 Å². The van der Waals surface area contributed by atoms with Crippen molar-refractivity contribution in [3.05, 3.63) is 68.9 Å². The van der Waals surface area contributed by atoms with Gasteiger partial charge in [0.2, 0.25) is 0 Å². The molecule has 4 rings (SSSR count). The van der Waals surface area contributed by atoms with Crippen LogP contribution >= 0.6 is 11.8 Å². The summed E-state index contributed by atoms with van der Waals surface area (Å²) < 4.78 is 5.38. The number of rotatable bonds is 8. The Labute approximate surface area is 190 Å². The van der Waals surface area contributed by atoms with Crippen molar-refractivity contribution in [1.29, 1.82) is 0 Å². The predicted octanol–water partition coefficient (Wildman–Crippen LogP) is 3.82. The molecule has 0 saturated heterocycles. The molecule has 32 heavy (non-hydrogen) atoms. The first-order valence-electron chi connectivity index (χ1n) is 10.9. The predicted molar refractivity (Wildman–Crippen MR) is 128 cm³/mol. The highest BCUT2D eigenvalue weighted by Crippen LogP contribution is 2.25. The second-order valence-corrected chi connectivity index (χ2v) is 9.08. The summed E-state index contributed by atoms with van der Waals surface area (Å²) in [6.45, 7) is 6.95. The Morgan fingerprint density at radius 3 is 2.59 bits per heavy atom. The zero-order valence-electron chi connectivity index (χ0n) is 18.8. The molecule has 4 aromatic rings. The second-order valence-electron chi connectivity index (χ2n) is 8.14. The van der Waals surface area contributed by atoms with Crippen molar-refractivity contribution < 1.29 is 0 Å². The van der Waals surface area contributed by atoms with Crippen LogP contribution in [0.25, 0.3) is 16.9 Å². The number of imidazole rings is 2. The van der Waals surface area contributed by atoms with Gasteiger partial charge in [-0.25, -0.2) is 14.8 Å². The van der Waals surface area contributed by atoms with Gasteiger partial charge in [-0.3, -0.25) is 18.9 Å². The van der Waals surface area contributed by atoms with Crippen LogP contribution in [0, 0.1) is 0 Å². The number of nitrogens with zero attached hydrogens (tertiary/aromatic N) is 5. The van der Waals surface area contributed by atoms with Crippen molar-refractivity contribution in [1.82, 2.24) is 28.7 Å². The maximum absolute atomic E-state index is 12.5. The molecule has 0 aliphatic rings. The molecule has 168 valence electrons. The lowest BCUT2D eigenvalue weighted by Crippen LogP contribution is -2.31. The van der Waals surface area contributed by atoms with E-state index in [0.29, 0.717) is 29.4 Å². The molecule has 0 saturated carbocycles. The van der Waals surface area contributed by atoms with E-state index >= 15 is 0 Å². The fraction of sp³-hybridized carbons (Fsp3) is 0.391. The summed E-state index contributed by atoms with van der Waals surface area (Å²) in [4.78, 5) is 36.4. The molecule has 1 N–H and O–H groups in total. The Bertz CT molecular complexity index is 1340. The van der Waals surface area contributed by atoms with Crippen LogP contribution in [0.15, 0.2) is 51.4 Å². The number of nitrogens with one attached hydrogen (secondary N) is 1. The fourth-order valence-corrected chi connectivity index (χ4v) is 4.64. The molecule has 0 aliphatic carbocycles. The number of aromatic amines is 1. The van der Waals surface area contributed by atoms with Gasteiger partial charge in [0, 0.05) is 31.7 Å². The topological polar surface area (TPSA) is 90.5 Å². The van der Waals surface area contributed by atoms with Gasteiger partial charge in [-0.05, 0) is 30.0 Å². The van der Waals surface area contributed by atoms with Crippen LogP contribution in [-0.2, 0) is 19.3 Å². The standard InChI is InChI=1S/C23H28N6O2S/c1-5-6-12-29-20-19(21(30)26-22(29)31)27(4)18(25-20)14-32-23-24-11-13-28(23)17-9-7-16(8-10-17)15(2)3/h7-11,13,15H,5-6,12,14H2,1-4H3,(H,26,30,31). The van der Waals surface area contributed by atoms with Crippen molar-refractivity contribution >= 4 is 22.9 Å². The van der Waals surface area contributed by atoms with Crippen molar-refractivity contribution in [3.63, 3.8) is 0 Å². The number of thioether (sulfide) groups is 1. The molecule has 0 aliphatic heterocycles. The van der Waals surface area contributed by atoms with E-state index in [4.69, 9.17) is 0 Å². The first kappa shape index (κ1) is 22.1. The molecule has 0 amide bonds. The molecule has 8 nitrogen and oxygen atoms in total. The van der Waals surface area contributed by atoms with Crippen molar-refractivity contribution in [2.45, 2.75) is 57.0 Å². The van der Waals surface area contributed by atoms with Crippen LogP contribution < -0.4 is 11.2 Å². The van der Waals surface area contributed by atoms with Gasteiger partial charge in [0.05, 0.1) is 5.75 Å². The van der Waals surface area contributed by atoms with Gasteiger partial charge < -0.3 is 4.57 Å². The van der Waals surface area contributed by atoms with Crippen molar-refractivity contribution in [2.75, 3.05) is 0 Å². The van der Waals surface area contributed by atoms with Crippen LogP contribution in [0.2, 0.25) is 0 Å². The Kier molecular flexibility index (Phi) is 6.36. The van der Waals surface area contributed by atoms with Gasteiger partial charge in [-0.15, -0.1) is 0 Å². The van der Waals surface area contributed by atoms with Gasteiger partial charge >= 0.3 is 5.69 Å². The van der Waals surface area contributed by atoms with Gasteiger partial charge in [-0.2, -0.15) is 0 Å². The minimum Gasteiger partial charge on any atom is -0.325 e. The van der Waals surface area contributed by atoms with Crippen molar-refractivity contribution in [3.8, 4) is 5.69 Å². The van der Waals surface area contributed by atoms with E-state index in [1.54, 1.807) is 27.1 Å². The Hall–Kier alpha value is -3.07. The highest BCUT2D eigenvalue weighted by molar-refractivity contribution is 7.98. The number of aromatic nitrogens is 6. The molecule has 0 fully saturated rings. The zero-order valence-corrected chi connectivity index (χ0v) is 19.6. The monoisotopic (exact) mass is 452 g/mol. The maximum Gasteiger partial charge on any atom is 0.330 e. The third-order valence-corrected chi connectivity index (χ3v) is 6.58. The quantitative estimate of drug-likeness (QED) is 0.411. The van der Waals surface area contributed by atoms with E-state index in [0.717, 1.165) is 29.5 Å². The smallest absolute Gasteiger partial charge is 0.325 e. The highest BCUT2D eigenvalue weighted by Gasteiger charge is 2.17. The summed E-state index contributed by atoms with van der Waals surface area (Å²) in [5, 5.41) is 0.839. The zero-order chi connectivity index (χ0) is 22.8. The summed E-state index contributed by atoms with van der Waals surface area (Å²) in [5.41, 5.74) is 2.39. The average Bonchev–Trinajstić information content (AvgIpc) is 3.37. The first-order valence-corrected chi connectivity index (χ1v) is 11.8. The summed E-state index contributed by atoms with van der Waals surface area (Å²) in [5.74, 6) is 1.72. The first-order chi connectivity index (χ1) is 15.4. The number of hydrogen-bond acceptors (Lipinski definition) is 5. The summed E-state index contributed by atoms with van der Waals surface area (Å²) >= 11 is 1.54. The molecule has 0 unspecified atom stereocenters. The van der Waals surface area contributed by atoms with Crippen LogP contribution in [0.3, 0.4) is 0 Å². The van der Waals surface area contributed by atoms with E-state index < -0.39 is 11.2 Å². The number of unbranched alkanes of at least 4 members (excludes halogenated alkanes) is 1. The number of hydrogen-bond donors (Lipinski definition) is 1. The number of aryl methyl sites for hydroxylation is 2. The number of H-pyrrole nitrogens is 1. The van der Waals surface area contributed by atoms with E-state index in [9.17, 15) is 9.59 Å². The third kappa shape index (κ3) is 4.17. The minimum absolute atomic E-state index is 0.407. The average molecular weight is 453 g/mol. The molecule has 3 aromatic heterocycles. The van der Waals surface area contributed by atoms with Crippen LogP contribution in [0.4, 0.5) is 0 Å². The molecular weight excluding hydrogens is 424 g/mol. The van der Waals surface area contributed by atoms with E-state index in [-0.39, 0.29) is 0 Å². The molecule has 0 spiro atoms. The summed E-state index contributed by atoms with van der Waals surface area (Å²) in [6, 6.07) is 8.48. The van der Waals surface area contributed by atoms with Crippen LogP contribution in [0.1, 0.15) is 50.9 Å². The van der Waals surface area contributed by atoms with Gasteiger partial charge in [0.15, 0.2) is 16.3 Å². The molecule has 0 bridgehead atoms. The summed E-state index contributed by atoms with van der Waals surface area (Å²) in [6.07, 6.45) is 5.51. The lowest BCUT2D eigenvalue weighted by atomic mass is 10.0. The molecule has 1 aromatic carbocycles. The fourth-order valence-electron chi connectivity index (χ4n) is 3.69. The third-order valence-electron chi connectivity index (χ3n) is 5.62. The number of fused-ring (bicyclic) bond motifs is 1. The minimum atomic E-state index is -0.409. The molecule has 0 atom stereocenters. The van der Waals surface area contributed by atoms with Crippen LogP contribution in [-0.4, -0.2) is 28.7 Å². The molecule has 3 heterocycles. The largest absolute Gasteiger partial charge is 0.330 e. The summed E-state index contributed by atoms with van der Waals surface area (Å²) in [7, 11) is 1.81. The molecule has 9 heteroatoms. The molecule has 0 radical (unpaired) electrons. The van der Waals surface area contributed by atoms with Gasteiger partial charge in [0.1, 0.15) is 5.82 Å². The normalized spacial score (nSPS) is 11.7. The second kappa shape index (κ2) is 9.20. The Morgan fingerprint density at radius 1 is 1.16 bits per heavy atom. The van der Waals surface area contributed by atoms with E-state index in [1.807, 2.05) is 17.8 Å². The van der Waals surface area contributed by atoms with E-state index in [1.165, 1.54) is 5.56 Å². The van der Waals surface area contributed by atoms with Gasteiger partial charge in [-0.1, -0.05) is 51.1 Å². The Morgan fingerprint density at radius 2 is 1.91 bits per heavy atom. The highest BCUT2D eigenvalue weighted by atomic mass is 32.2. The lowest BCUT2D eigenvalue weighted by molar-refractivity contribution is 0.613. The van der Waals surface area contributed by atoms with Gasteiger partial charge in [0.25, 0.3) is 5.56 Å². The Balaban J connectivity index is 1.63. The maximum atomic E-state index is 12.5. The van der Waals surface area contributed by atoms with Crippen LogP contribution in [0.5, 0.6) is 0 Å². The van der Waals surface area contributed by atoms with Crippen molar-refractivity contribution in [2.24, 2.45) is 7.05 Å².